The number of oxime groups is 1. The van der Waals surface area contributed by atoms with Gasteiger partial charge < -0.3 is 20.5 Å². The zero-order valence-corrected chi connectivity index (χ0v) is 27.8. The molecule has 5 nitrogen and oxygen atoms in total. The number of aliphatic hydroxyl groups is 2. The minimum Gasteiger partial charge on any atom is -0.508 e. The molecule has 8 rings (SSSR count). The van der Waals surface area contributed by atoms with Crippen LogP contribution in [0.2, 0.25) is 0 Å². The molecule has 0 amide bonds. The number of rotatable bonds is 1. The molecule has 1 aromatic carbocycles. The van der Waals surface area contributed by atoms with Crippen LogP contribution in [0.4, 0.5) is 0 Å². The third kappa shape index (κ3) is 4.48. The Kier molecular flexibility index (Phi) is 7.93. The third-order valence-corrected chi connectivity index (χ3v) is 15.3. The van der Waals surface area contributed by atoms with Crippen LogP contribution in [0.3, 0.4) is 0 Å². The second kappa shape index (κ2) is 11.5. The number of fused-ring (bicyclic) bond motifs is 10. The van der Waals surface area contributed by atoms with Crippen molar-refractivity contribution in [3.05, 3.63) is 41.0 Å². The van der Waals surface area contributed by atoms with Crippen LogP contribution in [-0.4, -0.2) is 37.4 Å². The summed E-state index contributed by atoms with van der Waals surface area (Å²) in [5, 5.41) is 44.3. The number of hydrogen-bond acceptors (Lipinski definition) is 5. The van der Waals surface area contributed by atoms with E-state index in [9.17, 15) is 15.3 Å². The van der Waals surface area contributed by atoms with Crippen molar-refractivity contribution in [2.75, 3.05) is 0 Å². The summed E-state index contributed by atoms with van der Waals surface area (Å²) >= 11 is 0. The average Bonchev–Trinajstić information content (AvgIpc) is 3.55. The number of nitrogens with zero attached hydrogens (tertiary/aromatic N) is 1. The van der Waals surface area contributed by atoms with Gasteiger partial charge in [-0.2, -0.15) is 0 Å². The van der Waals surface area contributed by atoms with Gasteiger partial charge >= 0.3 is 0 Å². The van der Waals surface area contributed by atoms with Crippen LogP contribution in [-0.2, 0) is 6.42 Å². The van der Waals surface area contributed by atoms with Gasteiger partial charge in [0.15, 0.2) is 0 Å². The van der Waals surface area contributed by atoms with Crippen LogP contribution < -0.4 is 0 Å². The molecule has 0 saturated heterocycles. The quantitative estimate of drug-likeness (QED) is 0.146. The first-order chi connectivity index (χ1) is 22.1. The molecule has 0 spiro atoms. The Bertz CT molecular complexity index is 1510. The van der Waals surface area contributed by atoms with Gasteiger partial charge in [0.25, 0.3) is 0 Å². The number of phenols is 1. The van der Waals surface area contributed by atoms with Crippen LogP contribution in [0.15, 0.2) is 35.0 Å². The summed E-state index contributed by atoms with van der Waals surface area (Å²) in [7, 11) is 0. The number of allylic oxidation sites excluding steroid dienone is 2. The van der Waals surface area contributed by atoms with Gasteiger partial charge in [0, 0.05) is 10.8 Å². The van der Waals surface area contributed by atoms with E-state index in [0.717, 1.165) is 95.1 Å². The van der Waals surface area contributed by atoms with Gasteiger partial charge in [-0.15, -0.1) is 12.8 Å². The van der Waals surface area contributed by atoms with Crippen molar-refractivity contribution in [1.29, 1.82) is 0 Å². The zero-order chi connectivity index (χ0) is 32.5. The Hall–Kier alpha value is -2.73. The van der Waals surface area contributed by atoms with E-state index in [1.54, 1.807) is 0 Å². The van der Waals surface area contributed by atoms with Crippen molar-refractivity contribution in [2.45, 2.75) is 127 Å². The second-order valence-corrected chi connectivity index (χ2v) is 16.3. The molecule has 7 aliphatic rings. The minimum atomic E-state index is -0.919. The smallest absolute Gasteiger partial charge is 0.131 e. The predicted octanol–water partition coefficient (Wildman–Crippen LogP) is 7.76. The molecule has 5 heteroatoms. The van der Waals surface area contributed by atoms with Gasteiger partial charge in [-0.05, 0) is 167 Å². The molecule has 5 fully saturated rings. The Morgan fingerprint density at radius 3 is 2.28 bits per heavy atom. The summed E-state index contributed by atoms with van der Waals surface area (Å²) in [5.74, 6) is 10.3. The van der Waals surface area contributed by atoms with Crippen molar-refractivity contribution < 1.29 is 20.5 Å². The van der Waals surface area contributed by atoms with Crippen molar-refractivity contribution in [2.24, 2.45) is 51.5 Å². The molecule has 7 aliphatic carbocycles. The van der Waals surface area contributed by atoms with Gasteiger partial charge in [-0.25, -0.2) is 0 Å². The summed E-state index contributed by atoms with van der Waals surface area (Å²) < 4.78 is 0. The highest BCUT2D eigenvalue weighted by Crippen LogP contribution is 2.67. The summed E-state index contributed by atoms with van der Waals surface area (Å²) in [5.41, 5.74) is 3.09. The van der Waals surface area contributed by atoms with Crippen molar-refractivity contribution >= 4 is 5.71 Å². The first-order valence-corrected chi connectivity index (χ1v) is 18.2. The topological polar surface area (TPSA) is 93.3 Å². The summed E-state index contributed by atoms with van der Waals surface area (Å²) in [6.07, 6.45) is 29.2. The Balaban J connectivity index is 0.000000147. The van der Waals surface area contributed by atoms with E-state index in [4.69, 9.17) is 18.1 Å². The van der Waals surface area contributed by atoms with Gasteiger partial charge in [-0.1, -0.05) is 42.5 Å². The monoisotopic (exact) mass is 623 g/mol. The fourth-order valence-corrected chi connectivity index (χ4v) is 12.9. The van der Waals surface area contributed by atoms with Crippen LogP contribution >= 0.6 is 0 Å². The van der Waals surface area contributed by atoms with Crippen LogP contribution in [0.1, 0.15) is 121 Å². The molecule has 246 valence electrons. The van der Waals surface area contributed by atoms with E-state index in [1.807, 2.05) is 12.1 Å². The van der Waals surface area contributed by atoms with E-state index >= 15 is 0 Å². The first kappa shape index (κ1) is 31.8. The number of hydrogen-bond donors (Lipinski definition) is 4. The molecule has 4 N–H and O–H groups in total. The number of benzene rings is 1. The van der Waals surface area contributed by atoms with Gasteiger partial charge in [-0.3, -0.25) is 0 Å². The summed E-state index contributed by atoms with van der Waals surface area (Å²) in [6.45, 7) is 4.44. The molecule has 1 aromatic rings. The number of phenolic OH excluding ortho intramolecular Hbond substituents is 1. The molecule has 46 heavy (non-hydrogen) atoms. The number of aryl methyl sites for hydroxylation is 1. The van der Waals surface area contributed by atoms with Crippen molar-refractivity contribution in [1.82, 2.24) is 0 Å². The lowest BCUT2D eigenvalue weighted by Gasteiger charge is -2.56. The van der Waals surface area contributed by atoms with E-state index < -0.39 is 11.2 Å². The standard InChI is InChI=1S/C21H29NO2.C20H24O2/c1-3-20-11-9-17-16-8-6-15(22-24)13-14(16)5-7-18(17)19(20)10-12-21(20,23)4-2;1-3-20(22)11-9-18-17-6-4-13-12-14(21)5-7-15(13)16(17)8-10-19(18,20)2/h2,13,16-19,23-24H,3,5-12H2,1H3;1,5,7,12,16-18,21-22H,4,6,8-11H2,2H3/b22-15+;/t16-,17+,18+,19?,20-,21-;16-,17-,18+,19+,20+/m01/s1. The highest BCUT2D eigenvalue weighted by molar-refractivity contribution is 5.96. The van der Waals surface area contributed by atoms with E-state index in [0.29, 0.717) is 41.3 Å². The summed E-state index contributed by atoms with van der Waals surface area (Å²) in [6, 6.07) is 5.87. The SMILES string of the molecule is C#C[C@]1(O)CCC2[C@@H]3CCC4=C/C(=N/O)CC[C@@H]4[C@H]3CC[C@@]21CC.C#C[C@]1(O)CC[C@H]2[C@@H]3CCc4cc(O)ccc4[C@H]3CC[C@@]21C. The van der Waals surface area contributed by atoms with Crippen molar-refractivity contribution in [3.8, 4) is 30.4 Å². The maximum Gasteiger partial charge on any atom is 0.131 e. The Morgan fingerprint density at radius 2 is 1.54 bits per heavy atom. The maximum atomic E-state index is 11.1. The maximum absolute atomic E-state index is 11.1. The third-order valence-electron chi connectivity index (χ3n) is 15.3. The molecule has 0 aliphatic heterocycles. The lowest BCUT2D eigenvalue weighted by molar-refractivity contribution is -0.0989. The van der Waals surface area contributed by atoms with E-state index in [-0.39, 0.29) is 10.8 Å². The summed E-state index contributed by atoms with van der Waals surface area (Å²) in [4.78, 5) is 0. The van der Waals surface area contributed by atoms with Gasteiger partial charge in [0.1, 0.15) is 17.0 Å². The molecule has 5 saturated carbocycles. The molecule has 0 heterocycles. The van der Waals surface area contributed by atoms with E-state index in [1.165, 1.54) is 29.5 Å². The molecule has 11 atom stereocenters. The normalized spacial score (nSPS) is 46.0. The van der Waals surface area contributed by atoms with E-state index in [2.05, 4.69) is 43.0 Å². The lowest BCUT2D eigenvalue weighted by atomic mass is 9.49. The largest absolute Gasteiger partial charge is 0.508 e. The lowest BCUT2D eigenvalue weighted by Crippen LogP contribution is -2.53. The van der Waals surface area contributed by atoms with Crippen molar-refractivity contribution in [3.63, 3.8) is 0 Å². The van der Waals surface area contributed by atoms with Crippen LogP contribution in [0, 0.1) is 71.0 Å². The molecular formula is C41H53NO4. The first-order valence-electron chi connectivity index (χ1n) is 18.2. The fourth-order valence-electron chi connectivity index (χ4n) is 12.9. The highest BCUT2D eigenvalue weighted by Gasteiger charge is 2.64. The molecule has 1 unspecified atom stereocenters. The second-order valence-electron chi connectivity index (χ2n) is 16.3. The molecular weight excluding hydrogens is 570 g/mol. The number of terminal acetylenes is 2. The highest BCUT2D eigenvalue weighted by atomic mass is 16.4. The Labute approximate surface area is 276 Å². The predicted molar refractivity (Wildman–Crippen MR) is 181 cm³/mol. The van der Waals surface area contributed by atoms with Gasteiger partial charge in [0.2, 0.25) is 0 Å². The minimum absolute atomic E-state index is 0.0590. The Morgan fingerprint density at radius 1 is 0.804 bits per heavy atom. The van der Waals surface area contributed by atoms with Gasteiger partial charge in [0.05, 0.1) is 5.71 Å². The molecule has 0 aromatic heterocycles. The average molecular weight is 624 g/mol. The molecule has 0 bridgehead atoms. The van der Waals surface area contributed by atoms with Crippen LogP contribution in [0.5, 0.6) is 5.75 Å². The molecule has 0 radical (unpaired) electrons. The van der Waals surface area contributed by atoms with Crippen LogP contribution in [0.25, 0.3) is 0 Å². The fraction of sp³-hybridized carbons (Fsp3) is 0.683. The zero-order valence-electron chi connectivity index (χ0n) is 27.8. The number of aromatic hydroxyl groups is 1.